The van der Waals surface area contributed by atoms with E-state index in [1.54, 1.807) is 18.2 Å². The van der Waals surface area contributed by atoms with Crippen molar-refractivity contribution in [3.8, 4) is 0 Å². The Bertz CT molecular complexity index is 845. The number of pyridine rings is 1. The van der Waals surface area contributed by atoms with E-state index in [9.17, 15) is 14.9 Å². The van der Waals surface area contributed by atoms with Crippen LogP contribution in [0.25, 0.3) is 0 Å². The summed E-state index contributed by atoms with van der Waals surface area (Å²) >= 11 is 0. The lowest BCUT2D eigenvalue weighted by Gasteiger charge is -2.42. The minimum atomic E-state index is -0.350. The van der Waals surface area contributed by atoms with Gasteiger partial charge in [0.1, 0.15) is 0 Å². The Hall–Kier alpha value is -2.47. The Labute approximate surface area is 139 Å². The molecule has 2 aliphatic rings. The average Bonchev–Trinajstić information content (AvgIpc) is 2.56. The summed E-state index contributed by atoms with van der Waals surface area (Å²) in [6, 6.07) is 12.4. The third kappa shape index (κ3) is 2.73. The van der Waals surface area contributed by atoms with Crippen molar-refractivity contribution < 1.29 is 4.92 Å². The van der Waals surface area contributed by atoms with Crippen molar-refractivity contribution >= 4 is 5.69 Å². The van der Waals surface area contributed by atoms with Crippen LogP contribution in [0.1, 0.15) is 23.6 Å². The lowest BCUT2D eigenvalue weighted by molar-refractivity contribution is -0.384. The number of hydrogen-bond acceptors (Lipinski definition) is 4. The van der Waals surface area contributed by atoms with Gasteiger partial charge in [-0.25, -0.2) is 0 Å². The van der Waals surface area contributed by atoms with Gasteiger partial charge in [0.2, 0.25) is 0 Å². The molecule has 0 spiro atoms. The third-order valence-electron chi connectivity index (χ3n) is 5.08. The van der Waals surface area contributed by atoms with E-state index >= 15 is 0 Å². The maximum Gasteiger partial charge on any atom is 0.269 e. The highest BCUT2D eigenvalue weighted by Crippen LogP contribution is 2.35. The summed E-state index contributed by atoms with van der Waals surface area (Å²) in [6.45, 7) is 3.31. The zero-order valence-electron chi connectivity index (χ0n) is 13.3. The van der Waals surface area contributed by atoms with Gasteiger partial charge in [-0.05, 0) is 24.0 Å². The maximum atomic E-state index is 12.1. The molecule has 0 amide bonds. The van der Waals surface area contributed by atoms with Crippen LogP contribution in [0, 0.1) is 16.0 Å². The van der Waals surface area contributed by atoms with Gasteiger partial charge in [-0.1, -0.05) is 18.2 Å². The minimum Gasteiger partial charge on any atom is -0.312 e. The number of likely N-dealkylation sites (tertiary alicyclic amines) is 1. The molecule has 1 aromatic carbocycles. The first-order valence-electron chi connectivity index (χ1n) is 8.25. The molecule has 3 heterocycles. The number of nitrogens with zero attached hydrogens (tertiary/aromatic N) is 3. The predicted molar refractivity (Wildman–Crippen MR) is 89.9 cm³/mol. The largest absolute Gasteiger partial charge is 0.312 e. The van der Waals surface area contributed by atoms with Crippen LogP contribution in [0.4, 0.5) is 5.69 Å². The Kier molecular flexibility index (Phi) is 3.69. The normalized spacial score (nSPS) is 22.8. The van der Waals surface area contributed by atoms with Gasteiger partial charge >= 0.3 is 0 Å². The summed E-state index contributed by atoms with van der Waals surface area (Å²) in [6.07, 6.45) is 1.12. The van der Waals surface area contributed by atoms with Gasteiger partial charge in [-0.2, -0.15) is 0 Å². The molecule has 2 bridgehead atoms. The van der Waals surface area contributed by atoms with Crippen LogP contribution < -0.4 is 5.56 Å². The molecule has 6 nitrogen and oxygen atoms in total. The van der Waals surface area contributed by atoms with Gasteiger partial charge in [0, 0.05) is 56.0 Å². The van der Waals surface area contributed by atoms with Gasteiger partial charge in [-0.3, -0.25) is 19.8 Å². The number of benzene rings is 1. The Balaban J connectivity index is 1.55. The van der Waals surface area contributed by atoms with Crippen molar-refractivity contribution in [2.24, 2.45) is 5.92 Å². The molecule has 2 atom stereocenters. The van der Waals surface area contributed by atoms with Crippen LogP contribution >= 0.6 is 0 Å². The van der Waals surface area contributed by atoms with Gasteiger partial charge in [0.15, 0.2) is 0 Å². The van der Waals surface area contributed by atoms with Gasteiger partial charge < -0.3 is 4.57 Å². The second-order valence-electron chi connectivity index (χ2n) is 6.82. The highest BCUT2D eigenvalue weighted by Gasteiger charge is 2.34. The van der Waals surface area contributed by atoms with Crippen molar-refractivity contribution in [1.29, 1.82) is 0 Å². The van der Waals surface area contributed by atoms with Crippen molar-refractivity contribution in [3.05, 3.63) is 74.2 Å². The highest BCUT2D eigenvalue weighted by molar-refractivity contribution is 5.34. The lowest BCUT2D eigenvalue weighted by Crippen LogP contribution is -2.46. The number of rotatable bonds is 3. The monoisotopic (exact) mass is 325 g/mol. The second kappa shape index (κ2) is 5.87. The van der Waals surface area contributed by atoms with Crippen LogP contribution in [-0.4, -0.2) is 27.5 Å². The van der Waals surface area contributed by atoms with E-state index in [1.807, 2.05) is 16.7 Å². The predicted octanol–water partition coefficient (Wildman–Crippen LogP) is 2.38. The molecule has 1 saturated heterocycles. The molecule has 124 valence electrons. The van der Waals surface area contributed by atoms with E-state index in [1.165, 1.54) is 6.07 Å². The van der Waals surface area contributed by atoms with Crippen LogP contribution in [-0.2, 0) is 13.1 Å². The Morgan fingerprint density at radius 1 is 1.12 bits per heavy atom. The maximum absolute atomic E-state index is 12.1. The number of nitro groups is 1. The molecule has 2 aromatic rings. The van der Waals surface area contributed by atoms with Crippen molar-refractivity contribution in [3.63, 3.8) is 0 Å². The van der Waals surface area contributed by atoms with Crippen LogP contribution in [0.2, 0.25) is 0 Å². The van der Waals surface area contributed by atoms with E-state index in [0.717, 1.165) is 37.3 Å². The molecule has 1 fully saturated rings. The van der Waals surface area contributed by atoms with E-state index in [2.05, 4.69) is 11.0 Å². The smallest absolute Gasteiger partial charge is 0.269 e. The molecular formula is C18H19N3O3. The van der Waals surface area contributed by atoms with E-state index < -0.39 is 0 Å². The van der Waals surface area contributed by atoms with E-state index in [0.29, 0.717) is 18.4 Å². The summed E-state index contributed by atoms with van der Waals surface area (Å²) in [4.78, 5) is 25.0. The fourth-order valence-electron chi connectivity index (χ4n) is 4.15. The standard InChI is InChI=1S/C18H19N3O3/c22-18-6-2-5-17-15-7-14(11-20(17)18)10-19(12-15)9-13-3-1-4-16(8-13)21(23)24/h1-6,8,14-15H,7,9-12H2. The summed E-state index contributed by atoms with van der Waals surface area (Å²) in [5.74, 6) is 0.833. The molecular weight excluding hydrogens is 306 g/mol. The Morgan fingerprint density at radius 2 is 1.96 bits per heavy atom. The van der Waals surface area contributed by atoms with Crippen molar-refractivity contribution in [2.75, 3.05) is 13.1 Å². The van der Waals surface area contributed by atoms with Crippen molar-refractivity contribution in [1.82, 2.24) is 9.47 Å². The fourth-order valence-corrected chi connectivity index (χ4v) is 4.15. The lowest BCUT2D eigenvalue weighted by atomic mass is 9.83. The molecule has 0 saturated carbocycles. The quantitative estimate of drug-likeness (QED) is 0.642. The average molecular weight is 325 g/mol. The Morgan fingerprint density at radius 3 is 2.79 bits per heavy atom. The molecule has 2 unspecified atom stereocenters. The van der Waals surface area contributed by atoms with E-state index in [4.69, 9.17) is 0 Å². The van der Waals surface area contributed by atoms with Gasteiger partial charge in [-0.15, -0.1) is 0 Å². The zero-order chi connectivity index (χ0) is 16.7. The van der Waals surface area contributed by atoms with E-state index in [-0.39, 0.29) is 16.2 Å². The number of hydrogen-bond donors (Lipinski definition) is 0. The van der Waals surface area contributed by atoms with Gasteiger partial charge in [0.25, 0.3) is 11.2 Å². The first kappa shape index (κ1) is 15.1. The summed E-state index contributed by atoms with van der Waals surface area (Å²) < 4.78 is 1.92. The number of non-ortho nitro benzene ring substituents is 1. The number of aromatic nitrogens is 1. The third-order valence-corrected chi connectivity index (χ3v) is 5.08. The molecule has 2 aliphatic heterocycles. The zero-order valence-corrected chi connectivity index (χ0v) is 13.3. The number of piperidine rings is 1. The molecule has 0 radical (unpaired) electrons. The minimum absolute atomic E-state index is 0.0920. The van der Waals surface area contributed by atoms with Crippen LogP contribution in [0.5, 0.6) is 0 Å². The molecule has 24 heavy (non-hydrogen) atoms. The van der Waals surface area contributed by atoms with Gasteiger partial charge in [0.05, 0.1) is 4.92 Å². The summed E-state index contributed by atoms with van der Waals surface area (Å²) in [7, 11) is 0. The molecule has 4 rings (SSSR count). The fraction of sp³-hybridized carbons (Fsp3) is 0.389. The molecule has 0 N–H and O–H groups in total. The molecule has 1 aromatic heterocycles. The summed E-state index contributed by atoms with van der Waals surface area (Å²) in [5.41, 5.74) is 2.33. The SMILES string of the molecule is O=c1cccc2n1CC1CC2CN(Cc2cccc([N+](=O)[O-])c2)C1. The first-order valence-corrected chi connectivity index (χ1v) is 8.25. The number of nitro benzene ring substituents is 1. The highest BCUT2D eigenvalue weighted by atomic mass is 16.6. The summed E-state index contributed by atoms with van der Waals surface area (Å²) in [5, 5.41) is 10.9. The second-order valence-corrected chi connectivity index (χ2v) is 6.82. The van der Waals surface area contributed by atoms with Crippen LogP contribution in [0.3, 0.4) is 0 Å². The topological polar surface area (TPSA) is 68.4 Å². The molecule has 0 aliphatic carbocycles. The first-order chi connectivity index (χ1) is 11.6. The van der Waals surface area contributed by atoms with Crippen molar-refractivity contribution in [2.45, 2.75) is 25.4 Å². The molecule has 6 heteroatoms. The number of fused-ring (bicyclic) bond motifs is 4. The van der Waals surface area contributed by atoms with Crippen LogP contribution in [0.15, 0.2) is 47.3 Å².